The van der Waals surface area contributed by atoms with Crippen LogP contribution in [0.4, 0.5) is 0 Å². The van der Waals surface area contributed by atoms with Crippen LogP contribution in [0.2, 0.25) is 0 Å². The van der Waals surface area contributed by atoms with E-state index >= 15 is 0 Å². The van der Waals surface area contributed by atoms with E-state index in [-0.39, 0.29) is 0 Å². The lowest BCUT2D eigenvalue weighted by molar-refractivity contribution is 0.553. The molecule has 0 aliphatic rings. The van der Waals surface area contributed by atoms with Gasteiger partial charge in [-0.25, -0.2) is 4.98 Å². The van der Waals surface area contributed by atoms with Crippen LogP contribution in [0.5, 0.6) is 0 Å². The van der Waals surface area contributed by atoms with Gasteiger partial charge in [-0.15, -0.1) is 11.3 Å². The number of nitrogens with zero attached hydrogens (tertiary/aromatic N) is 1. The van der Waals surface area contributed by atoms with Gasteiger partial charge in [-0.3, -0.25) is 0 Å². The molecule has 0 aliphatic heterocycles. The van der Waals surface area contributed by atoms with E-state index < -0.39 is 0 Å². The highest BCUT2D eigenvalue weighted by Crippen LogP contribution is 2.31. The summed E-state index contributed by atoms with van der Waals surface area (Å²) in [4.78, 5) is 6.19. The summed E-state index contributed by atoms with van der Waals surface area (Å²) in [5, 5.41) is 4.64. The zero-order chi connectivity index (χ0) is 15.4. The lowest BCUT2D eigenvalue weighted by atomic mass is 10.1. The number of aryl methyl sites for hydroxylation is 2. The maximum absolute atomic E-state index is 4.83. The number of benzene rings is 1. The topological polar surface area (TPSA) is 24.9 Å². The van der Waals surface area contributed by atoms with E-state index in [1.54, 1.807) is 0 Å². The minimum atomic E-state index is 0.676. The molecule has 0 unspecified atom stereocenters. The van der Waals surface area contributed by atoms with Crippen molar-refractivity contribution in [3.8, 4) is 10.6 Å². The Balaban J connectivity index is 2.21. The molecule has 2 nitrogen and oxygen atoms in total. The summed E-state index contributed by atoms with van der Waals surface area (Å²) in [5.41, 5.74) is 3.68. The number of thiazole rings is 1. The lowest BCUT2D eigenvalue weighted by Gasteiger charge is -2.06. The van der Waals surface area contributed by atoms with Gasteiger partial charge in [0, 0.05) is 21.5 Å². The molecule has 1 aromatic carbocycles. The maximum atomic E-state index is 4.83. The molecule has 1 N–H and O–H groups in total. The molecule has 21 heavy (non-hydrogen) atoms. The number of halogens is 1. The Morgan fingerprint density at radius 3 is 2.71 bits per heavy atom. The summed E-state index contributed by atoms with van der Waals surface area (Å²) in [6.07, 6.45) is 0.988. The third-order valence-corrected chi connectivity index (χ3v) is 5.37. The highest BCUT2D eigenvalue weighted by Gasteiger charge is 2.12. The zero-order valence-corrected chi connectivity index (χ0v) is 15.6. The molecule has 0 saturated carbocycles. The number of nitrogens with one attached hydrogen (secondary N) is 1. The van der Waals surface area contributed by atoms with Crippen LogP contribution in [0.15, 0.2) is 22.7 Å². The molecule has 0 spiro atoms. The number of aromatic nitrogens is 1. The van der Waals surface area contributed by atoms with Crippen molar-refractivity contribution in [2.24, 2.45) is 5.92 Å². The fourth-order valence-electron chi connectivity index (χ4n) is 2.12. The van der Waals surface area contributed by atoms with E-state index in [9.17, 15) is 0 Å². The molecule has 0 radical (unpaired) electrons. The first kappa shape index (κ1) is 16.7. The van der Waals surface area contributed by atoms with Gasteiger partial charge in [-0.05, 0) is 37.4 Å². The van der Waals surface area contributed by atoms with Crippen LogP contribution in [0.25, 0.3) is 10.6 Å². The third-order valence-electron chi connectivity index (χ3n) is 3.37. The molecule has 0 aliphatic carbocycles. The maximum Gasteiger partial charge on any atom is 0.123 e. The summed E-state index contributed by atoms with van der Waals surface area (Å²) < 4.78 is 1.15. The average Bonchev–Trinajstić information content (AvgIpc) is 2.85. The van der Waals surface area contributed by atoms with Crippen molar-refractivity contribution in [1.82, 2.24) is 10.3 Å². The SMILES string of the molecule is CCc1nc(-c2ccc(C)c(Br)c2)sc1CNCC(C)C. The number of hydrogen-bond acceptors (Lipinski definition) is 3. The molecule has 2 aromatic rings. The number of rotatable bonds is 6. The zero-order valence-electron chi connectivity index (χ0n) is 13.2. The van der Waals surface area contributed by atoms with E-state index in [4.69, 9.17) is 4.98 Å². The van der Waals surface area contributed by atoms with Crippen molar-refractivity contribution >= 4 is 27.3 Å². The van der Waals surface area contributed by atoms with Crippen molar-refractivity contribution in [3.05, 3.63) is 38.8 Å². The van der Waals surface area contributed by atoms with Gasteiger partial charge >= 0.3 is 0 Å². The van der Waals surface area contributed by atoms with Crippen LogP contribution in [-0.4, -0.2) is 11.5 Å². The van der Waals surface area contributed by atoms with Gasteiger partial charge in [0.2, 0.25) is 0 Å². The van der Waals surface area contributed by atoms with Gasteiger partial charge in [-0.1, -0.05) is 48.8 Å². The second-order valence-corrected chi connectivity index (χ2v) is 7.67. The van der Waals surface area contributed by atoms with Crippen LogP contribution in [0, 0.1) is 12.8 Å². The van der Waals surface area contributed by atoms with Gasteiger partial charge in [0.1, 0.15) is 5.01 Å². The lowest BCUT2D eigenvalue weighted by Crippen LogP contribution is -2.18. The normalized spacial score (nSPS) is 11.3. The summed E-state index contributed by atoms with van der Waals surface area (Å²) in [5.74, 6) is 0.676. The summed E-state index contributed by atoms with van der Waals surface area (Å²) >= 11 is 5.42. The van der Waals surface area contributed by atoms with E-state index in [1.807, 2.05) is 11.3 Å². The first-order valence-corrected chi connectivity index (χ1v) is 9.08. The van der Waals surface area contributed by atoms with Gasteiger partial charge in [0.05, 0.1) is 5.69 Å². The van der Waals surface area contributed by atoms with Crippen LogP contribution in [-0.2, 0) is 13.0 Å². The number of hydrogen-bond donors (Lipinski definition) is 1. The molecule has 0 atom stereocenters. The monoisotopic (exact) mass is 366 g/mol. The van der Waals surface area contributed by atoms with Crippen molar-refractivity contribution in [2.45, 2.75) is 40.7 Å². The summed E-state index contributed by atoms with van der Waals surface area (Å²) in [7, 11) is 0. The van der Waals surface area contributed by atoms with Crippen LogP contribution in [0.1, 0.15) is 36.9 Å². The molecule has 0 fully saturated rings. The predicted molar refractivity (Wildman–Crippen MR) is 95.9 cm³/mol. The molecular weight excluding hydrogens is 344 g/mol. The highest BCUT2D eigenvalue weighted by atomic mass is 79.9. The standard InChI is InChI=1S/C17H23BrN2S/c1-5-15-16(10-19-9-11(2)3)21-17(20-15)13-7-6-12(4)14(18)8-13/h6-8,11,19H,5,9-10H2,1-4H3. The smallest absolute Gasteiger partial charge is 0.123 e. The Bertz CT molecular complexity index is 605. The Morgan fingerprint density at radius 2 is 2.10 bits per heavy atom. The Morgan fingerprint density at radius 1 is 1.33 bits per heavy atom. The molecule has 1 heterocycles. The van der Waals surface area contributed by atoms with Crippen LogP contribution in [0.3, 0.4) is 0 Å². The summed E-state index contributed by atoms with van der Waals surface area (Å²) in [6.45, 7) is 10.7. The fraction of sp³-hybridized carbons (Fsp3) is 0.471. The Labute approximate surface area is 140 Å². The molecule has 1 aromatic heterocycles. The van der Waals surface area contributed by atoms with Crippen molar-refractivity contribution < 1.29 is 0 Å². The molecule has 0 saturated heterocycles. The Kier molecular flexibility index (Phi) is 5.97. The minimum absolute atomic E-state index is 0.676. The second kappa shape index (κ2) is 7.52. The fourth-order valence-corrected chi connectivity index (χ4v) is 3.62. The molecule has 4 heteroatoms. The minimum Gasteiger partial charge on any atom is -0.312 e. The quantitative estimate of drug-likeness (QED) is 0.760. The van der Waals surface area contributed by atoms with Crippen LogP contribution < -0.4 is 5.32 Å². The highest BCUT2D eigenvalue weighted by molar-refractivity contribution is 9.10. The van der Waals surface area contributed by atoms with Crippen molar-refractivity contribution in [1.29, 1.82) is 0 Å². The molecular formula is C17H23BrN2S. The van der Waals surface area contributed by atoms with E-state index in [0.717, 1.165) is 29.0 Å². The first-order chi connectivity index (χ1) is 10.0. The molecule has 114 valence electrons. The van der Waals surface area contributed by atoms with E-state index in [2.05, 4.69) is 67.1 Å². The largest absolute Gasteiger partial charge is 0.312 e. The average molecular weight is 367 g/mol. The molecule has 0 amide bonds. The molecule has 2 rings (SSSR count). The second-order valence-electron chi connectivity index (χ2n) is 5.73. The van der Waals surface area contributed by atoms with Crippen molar-refractivity contribution in [3.63, 3.8) is 0 Å². The first-order valence-electron chi connectivity index (χ1n) is 7.47. The summed E-state index contributed by atoms with van der Waals surface area (Å²) in [6, 6.07) is 6.46. The predicted octanol–water partition coefficient (Wildman–Crippen LogP) is 5.19. The van der Waals surface area contributed by atoms with Crippen molar-refractivity contribution in [2.75, 3.05) is 6.54 Å². The van der Waals surface area contributed by atoms with E-state index in [1.165, 1.54) is 21.7 Å². The van der Waals surface area contributed by atoms with Gasteiger partial charge < -0.3 is 5.32 Å². The van der Waals surface area contributed by atoms with Gasteiger partial charge in [0.25, 0.3) is 0 Å². The van der Waals surface area contributed by atoms with Gasteiger partial charge in [0.15, 0.2) is 0 Å². The van der Waals surface area contributed by atoms with Gasteiger partial charge in [-0.2, -0.15) is 0 Å². The third kappa shape index (κ3) is 4.38. The van der Waals surface area contributed by atoms with Crippen LogP contribution >= 0.6 is 27.3 Å². The molecule has 0 bridgehead atoms. The Hall–Kier alpha value is -0.710. The van der Waals surface area contributed by atoms with E-state index in [0.29, 0.717) is 5.92 Å².